The fourth-order valence-corrected chi connectivity index (χ4v) is 13.3. The second kappa shape index (κ2) is 29.3. The number of hydrogen-bond acceptors (Lipinski definition) is 10. The Bertz CT molecular complexity index is 1130. The van der Waals surface area contributed by atoms with Gasteiger partial charge in [0.25, 0.3) is 0 Å². The summed E-state index contributed by atoms with van der Waals surface area (Å²) in [5, 5.41) is 0. The van der Waals surface area contributed by atoms with Gasteiger partial charge in [-0.2, -0.15) is 13.2 Å². The number of nitrogens with zero attached hydrogens (tertiary/aromatic N) is 1. The average molecular weight is 850 g/mol. The maximum atomic E-state index is 11.9. The van der Waals surface area contributed by atoms with Crippen molar-refractivity contribution in [1.82, 2.24) is 0 Å². The maximum Gasteiger partial charge on any atom is 1.00 e. The quantitative estimate of drug-likeness (QED) is 0.0645. The molecule has 1 atom stereocenters. The fourth-order valence-electron chi connectivity index (χ4n) is 3.77. The number of alkyl halides is 3. The number of carbonyl (C=O) groups excluding carboxylic acids is 3. The van der Waals surface area contributed by atoms with Gasteiger partial charge in [-0.15, -0.1) is 0 Å². The summed E-state index contributed by atoms with van der Waals surface area (Å²) in [6, 6.07) is 2.31. The molecule has 0 fully saturated rings. The third kappa shape index (κ3) is 29.9. The van der Waals surface area contributed by atoms with E-state index in [1.165, 1.54) is 32.7 Å². The molecule has 0 aliphatic carbocycles. The van der Waals surface area contributed by atoms with Crippen molar-refractivity contribution in [3.8, 4) is 0 Å². The Kier molecular flexibility index (Phi) is 33.1. The van der Waals surface area contributed by atoms with Crippen LogP contribution in [0, 0.1) is 16.7 Å². The third-order valence-corrected chi connectivity index (χ3v) is 16.8. The molecule has 0 rings (SSSR count). The van der Waals surface area contributed by atoms with E-state index in [1.54, 1.807) is 6.92 Å². The number of halogens is 3. The molecular formula is C35H71F3KNO10SSi2. The van der Waals surface area contributed by atoms with E-state index in [0.29, 0.717) is 39.6 Å². The van der Waals surface area contributed by atoms with Crippen LogP contribution in [-0.4, -0.2) is 88.0 Å². The van der Waals surface area contributed by atoms with Gasteiger partial charge in [-0.25, -0.2) is 8.42 Å². The van der Waals surface area contributed by atoms with Crippen LogP contribution >= 0.6 is 0 Å². The molecule has 1 unspecified atom stereocenters. The molecule has 312 valence electrons. The summed E-state index contributed by atoms with van der Waals surface area (Å²) >= 11 is 0. The minimum atomic E-state index is -5.71. The summed E-state index contributed by atoms with van der Waals surface area (Å²) in [6.45, 7) is 30.5. The van der Waals surface area contributed by atoms with Crippen LogP contribution in [0.2, 0.25) is 38.3 Å². The van der Waals surface area contributed by atoms with Crippen molar-refractivity contribution in [2.24, 2.45) is 16.7 Å². The van der Waals surface area contributed by atoms with Gasteiger partial charge in [-0.05, 0) is 84.7 Å². The van der Waals surface area contributed by atoms with Gasteiger partial charge >= 0.3 is 68.8 Å². The summed E-state index contributed by atoms with van der Waals surface area (Å²) in [5.41, 5.74) is -7.09. The topological polar surface area (TPSA) is 146 Å². The number of esters is 2. The molecule has 1 amide bonds. The number of unbranched alkanes of at least 4 members (excludes halogenated alkanes) is 1. The summed E-state index contributed by atoms with van der Waals surface area (Å²) in [4.78, 5) is 34.3. The van der Waals surface area contributed by atoms with E-state index in [0.717, 1.165) is 25.3 Å². The predicted molar refractivity (Wildman–Crippen MR) is 205 cm³/mol. The van der Waals surface area contributed by atoms with Crippen molar-refractivity contribution in [2.45, 2.75) is 152 Å². The van der Waals surface area contributed by atoms with Crippen LogP contribution < -0.4 is 51.4 Å². The molecule has 11 nitrogen and oxygen atoms in total. The molecule has 0 aromatic rings. The van der Waals surface area contributed by atoms with Crippen LogP contribution in [0.25, 0.3) is 4.72 Å². The normalized spacial score (nSPS) is 12.9. The monoisotopic (exact) mass is 849 g/mol. The van der Waals surface area contributed by atoms with Gasteiger partial charge in [0.15, 0.2) is 26.7 Å². The van der Waals surface area contributed by atoms with Crippen LogP contribution in [0.15, 0.2) is 0 Å². The van der Waals surface area contributed by atoms with Gasteiger partial charge in [0.05, 0.1) is 43.7 Å². The van der Waals surface area contributed by atoms with Gasteiger partial charge in [-0.1, -0.05) is 61.3 Å². The Morgan fingerprint density at radius 3 is 1.62 bits per heavy atom. The molecule has 0 radical (unpaired) electrons. The number of rotatable bonds is 23. The van der Waals surface area contributed by atoms with E-state index < -0.39 is 43.5 Å². The van der Waals surface area contributed by atoms with Crippen molar-refractivity contribution < 1.29 is 110 Å². The minimum Gasteiger partial charge on any atom is -0.538 e. The molecule has 0 aliphatic heterocycles. The molecule has 0 aromatic carbocycles. The van der Waals surface area contributed by atoms with Crippen LogP contribution in [0.1, 0.15) is 108 Å². The molecule has 0 aliphatic rings. The largest absolute Gasteiger partial charge is 1.00 e. The first kappa shape index (κ1) is 59.8. The molecule has 18 heteroatoms. The van der Waals surface area contributed by atoms with Crippen molar-refractivity contribution in [1.29, 1.82) is 0 Å². The molecule has 0 spiro atoms. The van der Waals surface area contributed by atoms with Gasteiger partial charge in [0.2, 0.25) is 0 Å². The van der Waals surface area contributed by atoms with Crippen LogP contribution in [0.3, 0.4) is 0 Å². The second-order valence-corrected chi connectivity index (χ2v) is 25.5. The first-order chi connectivity index (χ1) is 23.6. The molecular weight excluding hydrogens is 779 g/mol. The summed E-state index contributed by atoms with van der Waals surface area (Å²) in [5.74, 6) is -1.53. The van der Waals surface area contributed by atoms with Gasteiger partial charge in [0, 0.05) is 12.0 Å². The molecule has 53 heavy (non-hydrogen) atoms. The van der Waals surface area contributed by atoms with Gasteiger partial charge in [0.1, 0.15) is 6.61 Å². The second-order valence-electron chi connectivity index (χ2n) is 15.0. The number of carbonyl (C=O) groups is 3. The number of amides is 1. The number of sulfonamides is 1. The molecule has 0 saturated carbocycles. The van der Waals surface area contributed by atoms with Gasteiger partial charge < -0.3 is 32.6 Å². The molecule has 0 aromatic heterocycles. The first-order valence-corrected chi connectivity index (χ1v) is 26.1. The maximum absolute atomic E-state index is 11.9. The van der Waals surface area contributed by atoms with Crippen molar-refractivity contribution in [3.63, 3.8) is 0 Å². The van der Waals surface area contributed by atoms with E-state index in [4.69, 9.17) is 23.1 Å². The van der Waals surface area contributed by atoms with E-state index in [2.05, 4.69) is 37.8 Å². The standard InChI is InChI=1S/C17H38O3Si2.C11H22O4.C7H12F3NO3S.K/c1-9-11-14-21(5,6)20-22(7,8)15-12-13-19-16(18)17(3,4)10-2;1-4-10(3)11(12)15-9-8-14-7-6-13-5-2;1-4-6(2,3)5(12)11-15(13,14)7(8,9)10;/h9-15H2,1-8H3;10H,4-9H2,1-3H3;4H2,1-3H3,(H,11,12);/q;;;+1/p-1. The number of hydrogen-bond donors (Lipinski definition) is 0. The first-order valence-electron chi connectivity index (χ1n) is 18.4. The van der Waals surface area contributed by atoms with Crippen LogP contribution in [0.5, 0.6) is 0 Å². The van der Waals surface area contributed by atoms with E-state index in [-0.39, 0.29) is 81.1 Å². The summed E-state index contributed by atoms with van der Waals surface area (Å²) < 4.78 is 86.1. The zero-order chi connectivity index (χ0) is 41.5. The Morgan fingerprint density at radius 1 is 0.717 bits per heavy atom. The zero-order valence-electron chi connectivity index (χ0n) is 35.5. The number of ether oxygens (including phenoxy) is 4. The Hall–Kier alpha value is 0.100. The predicted octanol–water partition coefficient (Wildman–Crippen LogP) is 6.39. The van der Waals surface area contributed by atoms with E-state index >= 15 is 0 Å². The van der Waals surface area contributed by atoms with Crippen molar-refractivity contribution >= 4 is 44.5 Å². The molecule has 0 bridgehead atoms. The summed E-state index contributed by atoms with van der Waals surface area (Å²) in [6.07, 6.45) is 5.25. The smallest absolute Gasteiger partial charge is 0.538 e. The minimum absolute atomic E-state index is 0. The fraction of sp³-hybridized carbons (Fsp3) is 0.914. The van der Waals surface area contributed by atoms with Crippen molar-refractivity contribution in [2.75, 3.05) is 39.6 Å². The van der Waals surface area contributed by atoms with Crippen LogP contribution in [-0.2, 0) is 47.5 Å². The Balaban J connectivity index is -0.000000346. The van der Waals surface area contributed by atoms with Gasteiger partial charge in [-0.3, -0.25) is 9.59 Å². The molecule has 0 heterocycles. The Labute approximate surface area is 364 Å². The molecule has 0 N–H and O–H groups in total. The summed E-state index contributed by atoms with van der Waals surface area (Å²) in [7, 11) is -8.88. The third-order valence-electron chi connectivity index (χ3n) is 8.30. The zero-order valence-corrected chi connectivity index (χ0v) is 41.5. The van der Waals surface area contributed by atoms with E-state index in [1.807, 2.05) is 41.5 Å². The van der Waals surface area contributed by atoms with E-state index in [9.17, 15) is 36.0 Å². The SMILES string of the molecule is CCC(C)(C)C(=O)[N-]S(=O)(=O)C(F)(F)F.CCCC[Si](C)(C)O[Si](C)(C)CCCOC(=O)C(C)(C)CC.CCOCCOCCOC(=O)C(C)CC.[K+]. The Morgan fingerprint density at radius 2 is 1.19 bits per heavy atom. The van der Waals surface area contributed by atoms with Crippen LogP contribution in [0.4, 0.5) is 13.2 Å². The van der Waals surface area contributed by atoms with Crippen molar-refractivity contribution in [3.05, 3.63) is 4.72 Å². The average Bonchev–Trinajstić information content (AvgIpc) is 3.04. The molecule has 0 saturated heterocycles.